The Morgan fingerprint density at radius 2 is 1.63 bits per heavy atom. The van der Waals surface area contributed by atoms with Gasteiger partial charge in [-0.1, -0.05) is 47.5 Å². The van der Waals surface area contributed by atoms with Crippen LogP contribution in [0.25, 0.3) is 0 Å². The Bertz CT molecular complexity index is 764. The molecule has 0 bridgehead atoms. The number of Topliss-reactive ketones (excluding diaryl/α,β-unsaturated/α-hetero) is 1. The van der Waals surface area contributed by atoms with Gasteiger partial charge in [-0.2, -0.15) is 0 Å². The normalized spacial score (nSPS) is 24.5. The van der Waals surface area contributed by atoms with E-state index in [-0.39, 0.29) is 5.92 Å². The van der Waals surface area contributed by atoms with Crippen LogP contribution in [0.4, 0.5) is 5.82 Å². The van der Waals surface area contributed by atoms with Gasteiger partial charge >= 0.3 is 0 Å². The number of ketones is 1. The number of anilines is 1. The molecule has 0 N–H and O–H groups in total. The third kappa shape index (κ3) is 7.25. The van der Waals surface area contributed by atoms with E-state index in [9.17, 15) is 4.79 Å². The van der Waals surface area contributed by atoms with Crippen molar-refractivity contribution in [1.29, 1.82) is 0 Å². The van der Waals surface area contributed by atoms with Gasteiger partial charge in [-0.15, -0.1) is 0 Å². The highest BCUT2D eigenvalue weighted by Gasteiger charge is 2.35. The van der Waals surface area contributed by atoms with Crippen LogP contribution in [0.1, 0.15) is 105 Å². The molecule has 0 aromatic carbocycles. The molecule has 3 heterocycles. The zero-order chi connectivity index (χ0) is 25.4. The summed E-state index contributed by atoms with van der Waals surface area (Å²) in [5.41, 5.74) is 0. The molecule has 0 radical (unpaired) electrons. The van der Waals surface area contributed by atoms with Crippen LogP contribution in [0.2, 0.25) is 0 Å². The van der Waals surface area contributed by atoms with E-state index in [1.54, 1.807) is 0 Å². The van der Waals surface area contributed by atoms with Crippen LogP contribution in [0.15, 0.2) is 12.3 Å². The summed E-state index contributed by atoms with van der Waals surface area (Å²) in [5, 5.41) is 0. The van der Waals surface area contributed by atoms with Crippen LogP contribution in [-0.4, -0.2) is 76.4 Å². The fraction of sp³-hybridized carbons (Fsp3) is 0.828. The minimum atomic E-state index is 0.182. The monoisotopic (exact) mass is 485 g/mol. The highest BCUT2D eigenvalue weighted by Crippen LogP contribution is 2.31. The summed E-state index contributed by atoms with van der Waals surface area (Å²) in [6, 6.07) is 3.76. The van der Waals surface area contributed by atoms with E-state index in [1.807, 2.05) is 6.20 Å². The average Bonchev–Trinajstić information content (AvgIpc) is 2.88. The summed E-state index contributed by atoms with van der Waals surface area (Å²) in [6.07, 6.45) is 10.9. The van der Waals surface area contributed by atoms with E-state index in [4.69, 9.17) is 9.97 Å². The lowest BCUT2D eigenvalue weighted by atomic mass is 9.94. The molecule has 0 saturated carbocycles. The SMILES string of the molecule is CCCC(C)C(=O)CN1CCC(c2nccc(N3C(CC)CN(C(C)CCC)CC3CC)n2)CC1. The molecule has 2 fully saturated rings. The number of carbonyl (C=O) groups is 1. The van der Waals surface area contributed by atoms with Gasteiger partial charge < -0.3 is 4.90 Å². The Kier molecular flexibility index (Phi) is 11.0. The standard InChI is InChI=1S/C29H51N5O/c1-7-11-22(5)27(35)21-32-17-14-24(15-18-32)29-30-16-13-28(31-29)34-25(9-3)19-33(20-26(34)10-4)23(6)12-8-2/h13,16,22-26H,7-12,14-15,17-21H2,1-6H3. The molecule has 4 unspecified atom stereocenters. The lowest BCUT2D eigenvalue weighted by Crippen LogP contribution is -2.60. The van der Waals surface area contributed by atoms with Gasteiger partial charge in [0.25, 0.3) is 0 Å². The highest BCUT2D eigenvalue weighted by molar-refractivity contribution is 5.82. The number of likely N-dealkylation sites (tertiary alicyclic amines) is 1. The Labute approximate surface area is 214 Å². The first-order valence-corrected chi connectivity index (χ1v) is 14.5. The first kappa shape index (κ1) is 28.0. The van der Waals surface area contributed by atoms with Crippen LogP contribution in [-0.2, 0) is 4.79 Å². The molecule has 2 aliphatic rings. The third-order valence-electron chi connectivity index (χ3n) is 8.48. The maximum Gasteiger partial charge on any atom is 0.149 e. The number of hydrogen-bond acceptors (Lipinski definition) is 6. The topological polar surface area (TPSA) is 52.6 Å². The molecule has 0 aliphatic carbocycles. The Balaban J connectivity index is 1.66. The van der Waals surface area contributed by atoms with Gasteiger partial charge in [-0.3, -0.25) is 14.6 Å². The molecule has 0 amide bonds. The Morgan fingerprint density at radius 1 is 1.00 bits per heavy atom. The average molecular weight is 486 g/mol. The molecule has 1 aromatic heterocycles. The van der Waals surface area contributed by atoms with Gasteiger partial charge in [-0.05, 0) is 64.6 Å². The predicted octanol–water partition coefficient (Wildman–Crippen LogP) is 5.53. The third-order valence-corrected chi connectivity index (χ3v) is 8.48. The summed E-state index contributed by atoms with van der Waals surface area (Å²) >= 11 is 0. The van der Waals surface area contributed by atoms with Crippen LogP contribution in [0.3, 0.4) is 0 Å². The van der Waals surface area contributed by atoms with E-state index in [2.05, 4.69) is 62.3 Å². The molecule has 0 spiro atoms. The molecule has 3 rings (SSSR count). The van der Waals surface area contributed by atoms with Crippen molar-refractivity contribution in [2.75, 3.05) is 37.6 Å². The predicted molar refractivity (Wildman–Crippen MR) is 146 cm³/mol. The smallest absolute Gasteiger partial charge is 0.149 e. The zero-order valence-electron chi connectivity index (χ0n) is 23.4. The number of piperazine rings is 1. The van der Waals surface area contributed by atoms with Crippen molar-refractivity contribution in [2.24, 2.45) is 5.92 Å². The van der Waals surface area contributed by atoms with Crippen LogP contribution in [0, 0.1) is 5.92 Å². The lowest BCUT2D eigenvalue weighted by molar-refractivity contribution is -0.124. The van der Waals surface area contributed by atoms with Gasteiger partial charge in [0.2, 0.25) is 0 Å². The van der Waals surface area contributed by atoms with E-state index in [0.717, 1.165) is 76.3 Å². The minimum absolute atomic E-state index is 0.182. The van der Waals surface area contributed by atoms with Crippen molar-refractivity contribution in [2.45, 2.75) is 117 Å². The zero-order valence-corrected chi connectivity index (χ0v) is 23.4. The number of piperidine rings is 1. The second kappa shape index (κ2) is 13.7. The number of aromatic nitrogens is 2. The largest absolute Gasteiger partial charge is 0.348 e. The summed E-state index contributed by atoms with van der Waals surface area (Å²) < 4.78 is 0. The first-order valence-electron chi connectivity index (χ1n) is 14.5. The number of rotatable bonds is 12. The number of carbonyl (C=O) groups excluding carboxylic acids is 1. The van der Waals surface area contributed by atoms with Crippen molar-refractivity contribution >= 4 is 11.6 Å². The fourth-order valence-electron chi connectivity index (χ4n) is 6.10. The maximum absolute atomic E-state index is 12.5. The minimum Gasteiger partial charge on any atom is -0.348 e. The van der Waals surface area contributed by atoms with E-state index < -0.39 is 0 Å². The van der Waals surface area contributed by atoms with Gasteiger partial charge in [0.05, 0.1) is 6.54 Å². The summed E-state index contributed by atoms with van der Waals surface area (Å²) in [6.45, 7) is 18.3. The van der Waals surface area contributed by atoms with Gasteiger partial charge in [-0.25, -0.2) is 9.97 Å². The van der Waals surface area contributed by atoms with Crippen molar-refractivity contribution in [1.82, 2.24) is 19.8 Å². The number of hydrogen-bond donors (Lipinski definition) is 0. The van der Waals surface area contributed by atoms with Crippen molar-refractivity contribution in [3.63, 3.8) is 0 Å². The number of nitrogens with zero attached hydrogens (tertiary/aromatic N) is 5. The van der Waals surface area contributed by atoms with E-state index in [0.29, 0.717) is 36.4 Å². The highest BCUT2D eigenvalue weighted by atomic mass is 16.1. The Hall–Kier alpha value is -1.53. The molecular formula is C29H51N5O. The Morgan fingerprint density at radius 3 is 2.20 bits per heavy atom. The first-order chi connectivity index (χ1) is 16.9. The summed E-state index contributed by atoms with van der Waals surface area (Å²) in [5.74, 6) is 3.08. The fourth-order valence-corrected chi connectivity index (χ4v) is 6.10. The van der Waals surface area contributed by atoms with Crippen LogP contribution in [0.5, 0.6) is 0 Å². The van der Waals surface area contributed by atoms with Gasteiger partial charge in [0.15, 0.2) is 0 Å². The molecule has 35 heavy (non-hydrogen) atoms. The van der Waals surface area contributed by atoms with Crippen LogP contribution >= 0.6 is 0 Å². The van der Waals surface area contributed by atoms with Crippen molar-refractivity contribution in [3.05, 3.63) is 18.1 Å². The lowest BCUT2D eigenvalue weighted by Gasteiger charge is -2.49. The molecule has 2 saturated heterocycles. The maximum atomic E-state index is 12.5. The van der Waals surface area contributed by atoms with E-state index >= 15 is 0 Å². The second-order valence-electron chi connectivity index (χ2n) is 11.1. The molecule has 2 aliphatic heterocycles. The summed E-state index contributed by atoms with van der Waals surface area (Å²) in [4.78, 5) is 30.1. The summed E-state index contributed by atoms with van der Waals surface area (Å²) in [7, 11) is 0. The molecular weight excluding hydrogens is 434 g/mol. The van der Waals surface area contributed by atoms with Gasteiger partial charge in [0.1, 0.15) is 17.4 Å². The van der Waals surface area contributed by atoms with Crippen molar-refractivity contribution in [3.8, 4) is 0 Å². The molecule has 4 atom stereocenters. The van der Waals surface area contributed by atoms with E-state index in [1.165, 1.54) is 12.8 Å². The molecule has 1 aromatic rings. The molecule has 198 valence electrons. The molecule has 6 nitrogen and oxygen atoms in total. The van der Waals surface area contributed by atoms with Crippen molar-refractivity contribution < 1.29 is 4.79 Å². The molecule has 6 heteroatoms. The quantitative estimate of drug-likeness (QED) is 0.388. The van der Waals surface area contributed by atoms with Crippen LogP contribution < -0.4 is 4.90 Å². The second-order valence-corrected chi connectivity index (χ2v) is 11.1. The van der Waals surface area contributed by atoms with Gasteiger partial charge in [0, 0.05) is 49.2 Å².